The molecule has 0 saturated heterocycles. The van der Waals surface area contributed by atoms with Crippen LogP contribution in [0.2, 0.25) is 0 Å². The minimum atomic E-state index is -4.00. The molecule has 0 aliphatic heterocycles. The highest BCUT2D eigenvalue weighted by atomic mass is 32.2. The molecule has 0 aliphatic rings. The summed E-state index contributed by atoms with van der Waals surface area (Å²) in [6, 6.07) is 20.1. The monoisotopic (exact) mass is 497 g/mol. The lowest BCUT2D eigenvalue weighted by atomic mass is 10.1. The van der Waals surface area contributed by atoms with Gasteiger partial charge in [-0.1, -0.05) is 30.3 Å². The first-order valence-corrected chi connectivity index (χ1v) is 12.3. The Morgan fingerprint density at radius 3 is 2.29 bits per heavy atom. The fourth-order valence-corrected chi connectivity index (χ4v) is 4.24. The van der Waals surface area contributed by atoms with E-state index in [-0.39, 0.29) is 17.0 Å². The second-order valence-corrected chi connectivity index (χ2v) is 9.09. The van der Waals surface area contributed by atoms with Crippen molar-refractivity contribution in [2.75, 3.05) is 30.3 Å². The van der Waals surface area contributed by atoms with Crippen LogP contribution in [0.4, 0.5) is 11.4 Å². The average Bonchev–Trinajstić information content (AvgIpc) is 2.87. The van der Waals surface area contributed by atoms with E-state index in [1.807, 2.05) is 31.2 Å². The summed E-state index contributed by atoms with van der Waals surface area (Å²) in [4.78, 5) is 23.9. The summed E-state index contributed by atoms with van der Waals surface area (Å²) < 4.78 is 38.6. The fraction of sp³-hybridized carbons (Fsp3) is 0.200. The first kappa shape index (κ1) is 25.6. The van der Waals surface area contributed by atoms with E-state index >= 15 is 0 Å². The Labute approximate surface area is 204 Å². The number of carbonyl (C=O) groups excluding carboxylic acids is 2. The lowest BCUT2D eigenvalue weighted by Gasteiger charge is -2.14. The lowest BCUT2D eigenvalue weighted by Crippen LogP contribution is -2.30. The Hall–Kier alpha value is -4.05. The van der Waals surface area contributed by atoms with Crippen molar-refractivity contribution < 1.29 is 27.5 Å². The van der Waals surface area contributed by atoms with Gasteiger partial charge in [-0.2, -0.15) is 0 Å². The van der Waals surface area contributed by atoms with E-state index in [0.717, 1.165) is 11.3 Å². The zero-order valence-corrected chi connectivity index (χ0v) is 20.2. The van der Waals surface area contributed by atoms with Gasteiger partial charge in [0.15, 0.2) is 0 Å². The number of benzene rings is 3. The second kappa shape index (κ2) is 11.9. The van der Waals surface area contributed by atoms with E-state index in [1.165, 1.54) is 25.3 Å². The van der Waals surface area contributed by atoms with Gasteiger partial charge >= 0.3 is 5.97 Å². The molecule has 0 radical (unpaired) electrons. The molecule has 0 saturated carbocycles. The number of amides is 1. The second-order valence-electron chi connectivity index (χ2n) is 7.41. The van der Waals surface area contributed by atoms with Crippen LogP contribution in [0.15, 0.2) is 77.7 Å². The van der Waals surface area contributed by atoms with E-state index in [9.17, 15) is 18.0 Å². The molecule has 3 rings (SSSR count). The van der Waals surface area contributed by atoms with Gasteiger partial charge in [0.1, 0.15) is 12.3 Å². The summed E-state index contributed by atoms with van der Waals surface area (Å²) in [6.07, 6.45) is 0. The van der Waals surface area contributed by atoms with Crippen LogP contribution in [0.1, 0.15) is 22.8 Å². The molecule has 10 heteroatoms. The highest BCUT2D eigenvalue weighted by Crippen LogP contribution is 2.23. The molecule has 1 amide bonds. The maximum Gasteiger partial charge on any atom is 0.325 e. The van der Waals surface area contributed by atoms with Gasteiger partial charge in [0, 0.05) is 23.5 Å². The van der Waals surface area contributed by atoms with Crippen LogP contribution in [0.25, 0.3) is 0 Å². The van der Waals surface area contributed by atoms with Gasteiger partial charge in [-0.25, -0.2) is 8.42 Å². The summed E-state index contributed by atoms with van der Waals surface area (Å²) >= 11 is 0. The van der Waals surface area contributed by atoms with Crippen LogP contribution < -0.4 is 20.1 Å². The quantitative estimate of drug-likeness (QED) is 0.347. The smallest absolute Gasteiger partial charge is 0.325 e. The maximum atomic E-state index is 13.1. The molecule has 0 aromatic heterocycles. The highest BCUT2D eigenvalue weighted by molar-refractivity contribution is 7.92. The molecule has 0 fully saturated rings. The van der Waals surface area contributed by atoms with Gasteiger partial charge < -0.3 is 20.1 Å². The van der Waals surface area contributed by atoms with Crippen molar-refractivity contribution in [2.45, 2.75) is 18.4 Å². The van der Waals surface area contributed by atoms with Crippen LogP contribution in [0.3, 0.4) is 0 Å². The van der Waals surface area contributed by atoms with Crippen LogP contribution in [0, 0.1) is 0 Å². The number of nitrogens with one attached hydrogen (secondary N) is 3. The zero-order valence-electron chi connectivity index (χ0n) is 19.4. The molecule has 0 bridgehead atoms. The van der Waals surface area contributed by atoms with E-state index in [1.54, 1.807) is 30.3 Å². The molecule has 3 aromatic carbocycles. The van der Waals surface area contributed by atoms with E-state index in [4.69, 9.17) is 4.74 Å². The summed E-state index contributed by atoms with van der Waals surface area (Å²) in [5.74, 6) is -0.487. The highest BCUT2D eigenvalue weighted by Gasteiger charge is 2.19. The Morgan fingerprint density at radius 1 is 0.914 bits per heavy atom. The number of anilines is 2. The molecule has 0 heterocycles. The molecule has 0 unspecified atom stereocenters. The van der Waals surface area contributed by atoms with Crippen LogP contribution in [-0.4, -0.2) is 40.6 Å². The first-order chi connectivity index (χ1) is 16.8. The molecule has 35 heavy (non-hydrogen) atoms. The van der Waals surface area contributed by atoms with E-state index in [0.29, 0.717) is 24.5 Å². The van der Waals surface area contributed by atoms with Crippen molar-refractivity contribution in [3.05, 3.63) is 83.9 Å². The van der Waals surface area contributed by atoms with E-state index in [2.05, 4.69) is 20.1 Å². The Bertz CT molecular complexity index is 1260. The molecule has 3 aromatic rings. The van der Waals surface area contributed by atoms with Crippen molar-refractivity contribution in [1.29, 1.82) is 0 Å². The number of hydrogen-bond acceptors (Lipinski definition) is 7. The number of carbonyl (C=O) groups is 2. The summed E-state index contributed by atoms with van der Waals surface area (Å²) in [7, 11) is -2.79. The van der Waals surface area contributed by atoms with Gasteiger partial charge in [-0.05, 0) is 55.0 Å². The molecule has 0 spiro atoms. The van der Waals surface area contributed by atoms with Crippen LogP contribution in [0.5, 0.6) is 5.75 Å². The minimum Gasteiger partial charge on any atom is -0.494 e. The summed E-state index contributed by atoms with van der Waals surface area (Å²) in [5, 5.41) is 5.58. The van der Waals surface area contributed by atoms with Crippen molar-refractivity contribution >= 4 is 33.3 Å². The molecule has 3 N–H and O–H groups in total. The molecule has 184 valence electrons. The zero-order chi connectivity index (χ0) is 25.3. The van der Waals surface area contributed by atoms with Crippen molar-refractivity contribution in [3.8, 4) is 5.75 Å². The molecule has 0 aliphatic carbocycles. The van der Waals surface area contributed by atoms with Crippen molar-refractivity contribution in [2.24, 2.45) is 0 Å². The molecule has 9 nitrogen and oxygen atoms in total. The van der Waals surface area contributed by atoms with Gasteiger partial charge in [-0.3, -0.25) is 14.3 Å². The van der Waals surface area contributed by atoms with Gasteiger partial charge in [-0.15, -0.1) is 0 Å². The Kier molecular flexibility index (Phi) is 8.69. The van der Waals surface area contributed by atoms with Crippen molar-refractivity contribution in [3.63, 3.8) is 0 Å². The number of para-hydroxylation sites is 1. The summed E-state index contributed by atoms with van der Waals surface area (Å²) in [5.41, 5.74) is 1.80. The third-order valence-electron chi connectivity index (χ3n) is 4.86. The topological polar surface area (TPSA) is 123 Å². The number of esters is 1. The van der Waals surface area contributed by atoms with Crippen molar-refractivity contribution in [1.82, 2.24) is 5.32 Å². The Balaban J connectivity index is 1.86. The number of methoxy groups -OCH3 is 1. The minimum absolute atomic E-state index is 0.0685. The molecular formula is C25H27N3O6S. The van der Waals surface area contributed by atoms with Crippen LogP contribution in [-0.2, 0) is 26.1 Å². The van der Waals surface area contributed by atoms with Gasteiger partial charge in [0.05, 0.1) is 18.6 Å². The predicted octanol–water partition coefficient (Wildman–Crippen LogP) is 3.40. The molecular weight excluding hydrogens is 470 g/mol. The first-order valence-electron chi connectivity index (χ1n) is 10.8. The standard InChI is InChI=1S/C25H27N3O6S/c1-3-34-22-11-9-18(10-12-22)16-26-21-13-19(25(30)27-17-24(29)33-2)14-23(15-21)35(31,32)28-20-7-5-4-6-8-20/h4-15,26,28H,3,16-17H2,1-2H3,(H,27,30). The fourth-order valence-electron chi connectivity index (χ4n) is 3.11. The number of ether oxygens (including phenoxy) is 2. The van der Waals surface area contributed by atoms with E-state index < -0.39 is 21.9 Å². The lowest BCUT2D eigenvalue weighted by molar-refractivity contribution is -0.139. The maximum absolute atomic E-state index is 13.1. The third-order valence-corrected chi connectivity index (χ3v) is 6.22. The number of hydrogen-bond donors (Lipinski definition) is 3. The van der Waals surface area contributed by atoms with Crippen LogP contribution >= 0.6 is 0 Å². The average molecular weight is 498 g/mol. The Morgan fingerprint density at radius 2 is 1.63 bits per heavy atom. The van der Waals surface area contributed by atoms with Gasteiger partial charge in [0.25, 0.3) is 15.9 Å². The molecule has 0 atom stereocenters. The predicted molar refractivity (Wildman–Crippen MR) is 133 cm³/mol. The van der Waals surface area contributed by atoms with Gasteiger partial charge in [0.2, 0.25) is 0 Å². The third kappa shape index (κ3) is 7.47. The normalized spacial score (nSPS) is 10.8. The number of sulfonamides is 1. The SMILES string of the molecule is CCOc1ccc(CNc2cc(C(=O)NCC(=O)OC)cc(S(=O)(=O)Nc3ccccc3)c2)cc1. The summed E-state index contributed by atoms with van der Waals surface area (Å²) in [6.45, 7) is 2.51. The number of rotatable bonds is 11. The largest absolute Gasteiger partial charge is 0.494 e.